The van der Waals surface area contributed by atoms with E-state index in [2.05, 4.69) is 25.6 Å². The second-order valence-electron chi connectivity index (χ2n) is 4.97. The number of hydrogen-bond acceptors (Lipinski definition) is 3. The molecular formula is C18H26O3. The van der Waals surface area contributed by atoms with Gasteiger partial charge in [0.25, 0.3) is 0 Å². The number of methoxy groups -OCH3 is 1. The maximum atomic E-state index is 5.67. The van der Waals surface area contributed by atoms with Crippen LogP contribution in [0, 0.1) is 6.92 Å². The lowest BCUT2D eigenvalue weighted by molar-refractivity contribution is 0.151. The van der Waals surface area contributed by atoms with E-state index in [9.17, 15) is 0 Å². The first kappa shape index (κ1) is 17.3. The van der Waals surface area contributed by atoms with Gasteiger partial charge in [-0.25, -0.2) is 0 Å². The Kier molecular flexibility index (Phi) is 9.05. The fourth-order valence-electron chi connectivity index (χ4n) is 1.72. The van der Waals surface area contributed by atoms with E-state index in [4.69, 9.17) is 14.2 Å². The number of benzene rings is 1. The van der Waals surface area contributed by atoms with Crippen molar-refractivity contribution in [3.63, 3.8) is 0 Å². The highest BCUT2D eigenvalue weighted by Crippen LogP contribution is 2.12. The molecule has 21 heavy (non-hydrogen) atoms. The van der Waals surface area contributed by atoms with Crippen LogP contribution in [0.1, 0.15) is 24.8 Å². The van der Waals surface area contributed by atoms with Crippen molar-refractivity contribution in [3.05, 3.63) is 54.3 Å². The normalized spacial score (nSPS) is 10.8. The molecule has 0 saturated carbocycles. The van der Waals surface area contributed by atoms with Crippen molar-refractivity contribution < 1.29 is 14.2 Å². The molecule has 0 spiro atoms. The predicted octanol–water partition coefficient (Wildman–Crippen LogP) is 4.28. The smallest absolute Gasteiger partial charge is 0.119 e. The van der Waals surface area contributed by atoms with Crippen LogP contribution in [0.3, 0.4) is 0 Å². The van der Waals surface area contributed by atoms with Crippen LogP contribution in [0.15, 0.2) is 48.8 Å². The third-order valence-corrected chi connectivity index (χ3v) is 2.95. The number of hydrogen-bond donors (Lipinski definition) is 0. The van der Waals surface area contributed by atoms with Gasteiger partial charge in [-0.05, 0) is 50.0 Å². The van der Waals surface area contributed by atoms with E-state index in [-0.39, 0.29) is 0 Å². The minimum Gasteiger partial charge on any atom is -0.504 e. The molecule has 0 radical (unpaired) electrons. The molecule has 0 aliphatic heterocycles. The van der Waals surface area contributed by atoms with Crippen molar-refractivity contribution in [1.82, 2.24) is 0 Å². The third kappa shape index (κ3) is 8.92. The Labute approximate surface area is 128 Å². The van der Waals surface area contributed by atoms with Crippen LogP contribution >= 0.6 is 0 Å². The summed E-state index contributed by atoms with van der Waals surface area (Å²) < 4.78 is 16.0. The summed E-state index contributed by atoms with van der Waals surface area (Å²) in [6.07, 6.45) is 6.61. The van der Waals surface area contributed by atoms with Crippen molar-refractivity contribution in [2.75, 3.05) is 26.9 Å². The molecule has 0 unspecified atom stereocenters. The molecule has 0 aliphatic rings. The topological polar surface area (TPSA) is 27.7 Å². The number of aryl methyl sites for hydroxylation is 1. The Morgan fingerprint density at radius 1 is 1.10 bits per heavy atom. The average Bonchev–Trinajstić information content (AvgIpc) is 2.49. The molecule has 1 aromatic rings. The first-order chi connectivity index (χ1) is 10.2. The summed E-state index contributed by atoms with van der Waals surface area (Å²) in [6.45, 7) is 8.01. The van der Waals surface area contributed by atoms with Gasteiger partial charge in [0.15, 0.2) is 0 Å². The molecule has 0 N–H and O–H groups in total. The van der Waals surface area contributed by atoms with Gasteiger partial charge < -0.3 is 14.2 Å². The summed E-state index contributed by atoms with van der Waals surface area (Å²) in [5.41, 5.74) is 2.17. The van der Waals surface area contributed by atoms with Gasteiger partial charge >= 0.3 is 0 Å². The highest BCUT2D eigenvalue weighted by Gasteiger charge is 1.95. The summed E-state index contributed by atoms with van der Waals surface area (Å²) >= 11 is 0. The summed E-state index contributed by atoms with van der Waals surface area (Å²) in [6, 6.07) is 8.15. The van der Waals surface area contributed by atoms with Crippen LogP contribution in [0.2, 0.25) is 0 Å². The van der Waals surface area contributed by atoms with Crippen LogP contribution in [-0.4, -0.2) is 26.9 Å². The highest BCUT2D eigenvalue weighted by atomic mass is 16.5. The quantitative estimate of drug-likeness (QED) is 0.346. The summed E-state index contributed by atoms with van der Waals surface area (Å²) in [5.74, 6) is 0.943. The van der Waals surface area contributed by atoms with Crippen LogP contribution < -0.4 is 4.74 Å². The molecule has 116 valence electrons. The van der Waals surface area contributed by atoms with Crippen molar-refractivity contribution in [1.29, 1.82) is 0 Å². The van der Waals surface area contributed by atoms with Crippen LogP contribution in [0.25, 0.3) is 0 Å². The molecule has 0 bridgehead atoms. The lowest BCUT2D eigenvalue weighted by Gasteiger charge is -2.07. The van der Waals surface area contributed by atoms with E-state index in [1.807, 2.05) is 18.2 Å². The van der Waals surface area contributed by atoms with E-state index < -0.39 is 0 Å². The highest BCUT2D eigenvalue weighted by molar-refractivity contribution is 5.26. The Bertz CT molecular complexity index is 421. The molecule has 0 aromatic heterocycles. The lowest BCUT2D eigenvalue weighted by atomic mass is 10.2. The largest absolute Gasteiger partial charge is 0.504 e. The number of ether oxygens (including phenoxy) is 3. The first-order valence-electron chi connectivity index (χ1n) is 7.36. The second-order valence-corrected chi connectivity index (χ2v) is 4.97. The molecular weight excluding hydrogens is 264 g/mol. The summed E-state index contributed by atoms with van der Waals surface area (Å²) in [4.78, 5) is 0. The van der Waals surface area contributed by atoms with Crippen molar-refractivity contribution in [3.8, 4) is 5.75 Å². The van der Waals surface area contributed by atoms with Gasteiger partial charge in [0, 0.05) is 6.61 Å². The van der Waals surface area contributed by atoms with Gasteiger partial charge in [-0.1, -0.05) is 24.3 Å². The van der Waals surface area contributed by atoms with Crippen LogP contribution in [-0.2, 0) is 9.47 Å². The lowest BCUT2D eigenvalue weighted by Crippen LogP contribution is -2.01. The molecule has 0 aliphatic carbocycles. The van der Waals surface area contributed by atoms with Crippen molar-refractivity contribution >= 4 is 0 Å². The second kappa shape index (κ2) is 11.0. The first-order valence-corrected chi connectivity index (χ1v) is 7.36. The van der Waals surface area contributed by atoms with E-state index in [0.29, 0.717) is 6.61 Å². The molecule has 3 heteroatoms. The molecule has 0 atom stereocenters. The molecule has 0 heterocycles. The van der Waals surface area contributed by atoms with Crippen LogP contribution in [0.5, 0.6) is 5.75 Å². The van der Waals surface area contributed by atoms with E-state index in [0.717, 1.165) is 43.8 Å². The van der Waals surface area contributed by atoms with Gasteiger partial charge in [0.05, 0.1) is 26.6 Å². The van der Waals surface area contributed by atoms with Crippen molar-refractivity contribution in [2.24, 2.45) is 0 Å². The van der Waals surface area contributed by atoms with Crippen LogP contribution in [0.4, 0.5) is 0 Å². The summed E-state index contributed by atoms with van der Waals surface area (Å²) in [5, 5.41) is 0. The van der Waals surface area contributed by atoms with E-state index in [1.165, 1.54) is 5.56 Å². The van der Waals surface area contributed by atoms with Crippen molar-refractivity contribution in [2.45, 2.75) is 26.2 Å². The SMILES string of the molecule is C=C(/C=C\OC)COCCCCCOc1ccc(C)cc1. The third-order valence-electron chi connectivity index (χ3n) is 2.95. The Morgan fingerprint density at radius 3 is 2.52 bits per heavy atom. The van der Waals surface area contributed by atoms with E-state index >= 15 is 0 Å². The molecule has 0 saturated heterocycles. The van der Waals surface area contributed by atoms with Gasteiger partial charge in [-0.3, -0.25) is 0 Å². The Balaban J connectivity index is 1.94. The average molecular weight is 290 g/mol. The zero-order valence-corrected chi connectivity index (χ0v) is 13.1. The number of rotatable bonds is 11. The minimum absolute atomic E-state index is 0.555. The Morgan fingerprint density at radius 2 is 1.81 bits per heavy atom. The fourth-order valence-corrected chi connectivity index (χ4v) is 1.72. The zero-order valence-electron chi connectivity index (χ0n) is 13.1. The molecule has 1 aromatic carbocycles. The maximum Gasteiger partial charge on any atom is 0.119 e. The molecule has 0 fully saturated rings. The monoisotopic (exact) mass is 290 g/mol. The predicted molar refractivity (Wildman–Crippen MR) is 86.6 cm³/mol. The Hall–Kier alpha value is -1.74. The maximum absolute atomic E-state index is 5.67. The zero-order chi connectivity index (χ0) is 15.3. The van der Waals surface area contributed by atoms with Gasteiger partial charge in [-0.2, -0.15) is 0 Å². The molecule has 0 amide bonds. The van der Waals surface area contributed by atoms with Gasteiger partial charge in [0.2, 0.25) is 0 Å². The molecule has 3 nitrogen and oxygen atoms in total. The van der Waals surface area contributed by atoms with E-state index in [1.54, 1.807) is 13.4 Å². The summed E-state index contributed by atoms with van der Waals surface area (Å²) in [7, 11) is 1.61. The number of unbranched alkanes of at least 4 members (excludes halogenated alkanes) is 2. The fraction of sp³-hybridized carbons (Fsp3) is 0.444. The standard InChI is InChI=1S/C18H26O3/c1-16-7-9-18(10-8-16)21-13-6-4-5-12-20-15-17(2)11-14-19-3/h7-11,14H,2,4-6,12-13,15H2,1,3H3/b14-11-. The molecule has 1 rings (SSSR count). The minimum atomic E-state index is 0.555. The van der Waals surface area contributed by atoms with Gasteiger partial charge in [0.1, 0.15) is 5.75 Å². The van der Waals surface area contributed by atoms with Gasteiger partial charge in [-0.15, -0.1) is 0 Å².